The van der Waals surface area contributed by atoms with Gasteiger partial charge in [0.05, 0.1) is 0 Å². The average molecular weight is 444 g/mol. The number of hydrogen-bond donors (Lipinski definition) is 0. The van der Waals surface area contributed by atoms with Crippen LogP contribution in [0.2, 0.25) is 0 Å². The van der Waals surface area contributed by atoms with Gasteiger partial charge in [0.15, 0.2) is 0 Å². The molecule has 0 spiro atoms. The van der Waals surface area contributed by atoms with Gasteiger partial charge in [-0.25, -0.2) is 0 Å². The maximum absolute atomic E-state index is 13.5. The highest BCUT2D eigenvalue weighted by Gasteiger charge is 2.28. The van der Waals surface area contributed by atoms with Gasteiger partial charge in [0.25, 0.3) is 11.1 Å². The number of hydrogen-bond acceptors (Lipinski definition) is 4. The fourth-order valence-electron chi connectivity index (χ4n) is 3.98. The van der Waals surface area contributed by atoms with Crippen molar-refractivity contribution in [2.75, 3.05) is 6.54 Å². The van der Waals surface area contributed by atoms with Crippen LogP contribution < -0.4 is 21.8 Å². The number of rotatable bonds is 6. The molecule has 1 aliphatic rings. The summed E-state index contributed by atoms with van der Waals surface area (Å²) in [5.74, 6) is -0.379. The lowest BCUT2D eigenvalue weighted by Crippen LogP contribution is -2.57. The van der Waals surface area contributed by atoms with Crippen LogP contribution in [0, 0.1) is 0 Å². The third kappa shape index (κ3) is 4.77. The van der Waals surface area contributed by atoms with Crippen molar-refractivity contribution in [3.05, 3.63) is 103 Å². The van der Waals surface area contributed by atoms with E-state index in [4.69, 9.17) is 0 Å². The molecule has 0 bridgehead atoms. The van der Waals surface area contributed by atoms with Gasteiger partial charge in [-0.1, -0.05) is 60.7 Å². The van der Waals surface area contributed by atoms with Crippen LogP contribution in [0.15, 0.2) is 70.3 Å². The zero-order valence-corrected chi connectivity index (χ0v) is 18.4. The number of carbonyl (C=O) groups excluding carboxylic acids is 2. The summed E-state index contributed by atoms with van der Waals surface area (Å²) in [5, 5.41) is 0.530. The van der Waals surface area contributed by atoms with E-state index in [0.717, 1.165) is 11.1 Å². The Hall–Kier alpha value is -4.00. The fraction of sp³-hybridized carbons (Fsp3) is 0.231. The average Bonchev–Trinajstić information content (AvgIpc) is 3.15. The largest absolute Gasteiger partial charge is 0.305 e. The van der Waals surface area contributed by atoms with Crippen LogP contribution in [-0.4, -0.2) is 32.4 Å². The number of amides is 2. The summed E-state index contributed by atoms with van der Waals surface area (Å²) >= 11 is 0. The van der Waals surface area contributed by atoms with Crippen molar-refractivity contribution in [1.29, 1.82) is 0 Å². The normalized spacial score (nSPS) is 15.0. The number of aromatic nitrogens is 2. The minimum absolute atomic E-state index is 0.189. The van der Waals surface area contributed by atoms with E-state index >= 15 is 0 Å². The monoisotopic (exact) mass is 443 g/mol. The minimum atomic E-state index is -0.304. The Kier molecular flexibility index (Phi) is 6.49. The predicted octanol–water partition coefficient (Wildman–Crippen LogP) is 0.744. The molecule has 4 rings (SSSR count). The first-order chi connectivity index (χ1) is 16.0. The van der Waals surface area contributed by atoms with Gasteiger partial charge >= 0.3 is 0 Å². The molecule has 1 aromatic heterocycles. The lowest BCUT2D eigenvalue weighted by atomic mass is 10.2. The molecular weight excluding hydrogens is 418 g/mol. The van der Waals surface area contributed by atoms with E-state index in [1.54, 1.807) is 19.2 Å². The maximum Gasteiger partial charge on any atom is 0.275 e. The fourth-order valence-corrected chi connectivity index (χ4v) is 3.98. The standard InChI is InChI=1S/C26H25N3O4/c1-27-21(17-19-9-4-2-5-10-19)26(33)28(15-8-16-29-23(30)13-14-24(29)31)22(25(27)32)18-20-11-6-3-7-12-20/h2-7,9-12,17-18H,8,13-16H2,1H3. The summed E-state index contributed by atoms with van der Waals surface area (Å²) in [4.78, 5) is 51.9. The van der Waals surface area contributed by atoms with Gasteiger partial charge in [-0.2, -0.15) is 0 Å². The van der Waals surface area contributed by atoms with E-state index in [2.05, 4.69) is 0 Å². The highest BCUT2D eigenvalue weighted by atomic mass is 16.2. The highest BCUT2D eigenvalue weighted by molar-refractivity contribution is 6.01. The Morgan fingerprint density at radius 3 is 1.76 bits per heavy atom. The molecule has 2 aromatic carbocycles. The lowest BCUT2D eigenvalue weighted by molar-refractivity contribution is -0.138. The number of carbonyl (C=O) groups is 2. The molecular formula is C26H25N3O4. The molecule has 1 fully saturated rings. The Bertz CT molecular complexity index is 1400. The van der Waals surface area contributed by atoms with Crippen LogP contribution in [-0.2, 0) is 23.2 Å². The highest BCUT2D eigenvalue weighted by Crippen LogP contribution is 2.11. The predicted molar refractivity (Wildman–Crippen MR) is 126 cm³/mol. The first kappa shape index (κ1) is 22.2. The molecule has 1 aliphatic heterocycles. The molecule has 0 atom stereocenters. The first-order valence-corrected chi connectivity index (χ1v) is 10.9. The van der Waals surface area contributed by atoms with Crippen LogP contribution in [0.4, 0.5) is 0 Å². The van der Waals surface area contributed by atoms with Crippen molar-refractivity contribution < 1.29 is 9.59 Å². The molecule has 168 valence electrons. The van der Waals surface area contributed by atoms with Crippen molar-refractivity contribution in [1.82, 2.24) is 14.0 Å². The number of likely N-dealkylation sites (tertiary alicyclic amines) is 1. The van der Waals surface area contributed by atoms with Gasteiger partial charge < -0.3 is 9.13 Å². The van der Waals surface area contributed by atoms with Crippen LogP contribution in [0.3, 0.4) is 0 Å². The number of imide groups is 1. The topological polar surface area (TPSA) is 81.4 Å². The molecule has 0 radical (unpaired) electrons. The number of benzene rings is 2. The van der Waals surface area contributed by atoms with Crippen LogP contribution in [0.5, 0.6) is 0 Å². The zero-order chi connectivity index (χ0) is 23.4. The van der Waals surface area contributed by atoms with E-state index in [1.807, 2.05) is 60.7 Å². The van der Waals surface area contributed by atoms with E-state index in [0.29, 0.717) is 6.42 Å². The Labute approximate surface area is 190 Å². The molecule has 7 nitrogen and oxygen atoms in total. The van der Waals surface area contributed by atoms with E-state index in [9.17, 15) is 19.2 Å². The van der Waals surface area contributed by atoms with E-state index < -0.39 is 0 Å². The summed E-state index contributed by atoms with van der Waals surface area (Å²) in [6.45, 7) is 0.433. The van der Waals surface area contributed by atoms with Crippen molar-refractivity contribution >= 4 is 24.0 Å². The molecule has 2 amide bonds. The van der Waals surface area contributed by atoms with Crippen LogP contribution >= 0.6 is 0 Å². The SMILES string of the molecule is Cn1c(=O)c(=Cc2ccccc2)n(CCCN2C(=O)CCC2=O)c(=O)c1=Cc1ccccc1. The van der Waals surface area contributed by atoms with Gasteiger partial charge in [0, 0.05) is 33.0 Å². The Morgan fingerprint density at radius 1 is 0.697 bits per heavy atom. The quantitative estimate of drug-likeness (QED) is 0.527. The minimum Gasteiger partial charge on any atom is -0.305 e. The molecule has 0 N–H and O–H groups in total. The van der Waals surface area contributed by atoms with Crippen LogP contribution in [0.1, 0.15) is 30.4 Å². The third-order valence-corrected chi connectivity index (χ3v) is 5.76. The Morgan fingerprint density at radius 2 is 1.21 bits per heavy atom. The van der Waals surface area contributed by atoms with Gasteiger partial charge in [0.2, 0.25) is 11.8 Å². The summed E-state index contributed by atoms with van der Waals surface area (Å²) in [7, 11) is 1.59. The lowest BCUT2D eigenvalue weighted by Gasteiger charge is -2.15. The molecule has 1 saturated heterocycles. The van der Waals surface area contributed by atoms with Crippen molar-refractivity contribution in [3.8, 4) is 0 Å². The third-order valence-electron chi connectivity index (χ3n) is 5.76. The zero-order valence-electron chi connectivity index (χ0n) is 18.4. The van der Waals surface area contributed by atoms with Gasteiger partial charge in [-0.05, 0) is 29.7 Å². The molecule has 0 saturated carbocycles. The summed E-state index contributed by atoms with van der Waals surface area (Å²) < 4.78 is 2.82. The van der Waals surface area contributed by atoms with Crippen molar-refractivity contribution in [2.45, 2.75) is 25.8 Å². The summed E-state index contributed by atoms with van der Waals surface area (Å²) in [5.41, 5.74) is 1.01. The van der Waals surface area contributed by atoms with Gasteiger partial charge in [0.1, 0.15) is 10.7 Å². The first-order valence-electron chi connectivity index (χ1n) is 10.9. The van der Waals surface area contributed by atoms with Crippen molar-refractivity contribution in [3.63, 3.8) is 0 Å². The second-order valence-electron chi connectivity index (χ2n) is 7.99. The van der Waals surface area contributed by atoms with E-state index in [1.165, 1.54) is 14.0 Å². The van der Waals surface area contributed by atoms with Crippen molar-refractivity contribution in [2.24, 2.45) is 7.05 Å². The van der Waals surface area contributed by atoms with E-state index in [-0.39, 0.29) is 59.6 Å². The molecule has 33 heavy (non-hydrogen) atoms. The van der Waals surface area contributed by atoms with Crippen LogP contribution in [0.25, 0.3) is 12.2 Å². The summed E-state index contributed by atoms with van der Waals surface area (Å²) in [6.07, 6.45) is 4.23. The molecule has 0 unspecified atom stereocenters. The summed E-state index contributed by atoms with van der Waals surface area (Å²) in [6, 6.07) is 18.7. The molecule has 0 aliphatic carbocycles. The molecule has 3 aromatic rings. The second kappa shape index (κ2) is 9.65. The molecule has 7 heteroatoms. The molecule has 2 heterocycles. The Balaban J connectivity index is 1.82. The van der Waals surface area contributed by atoms with Gasteiger partial charge in [-0.3, -0.25) is 24.1 Å². The number of nitrogens with zero attached hydrogens (tertiary/aromatic N) is 3. The smallest absolute Gasteiger partial charge is 0.275 e. The van der Waals surface area contributed by atoms with Gasteiger partial charge in [-0.15, -0.1) is 0 Å². The second-order valence-corrected chi connectivity index (χ2v) is 7.99. The maximum atomic E-state index is 13.5.